The number of sulfonamides is 1. The van der Waals surface area contributed by atoms with Crippen molar-refractivity contribution in [2.45, 2.75) is 50.7 Å². The standard InChI is InChI=1S/C42H39BrFN3O6S2/c1-26-40(42(48)49)45-41(54-26)35-22-37(31-5-4-6-32(43)21-31)47(38(35)20-27-7-8-27)25-30-13-18-39(36(44)19-30)55(50,51)46(23-28-9-14-33(52-2)15-10-28)24-29-11-16-34(53-3)17-12-29/h4-6,9-19,21-22,27H,7-8,20,23-25H2,1-3H3,(H,48,49). The molecule has 4 aromatic carbocycles. The number of hydrogen-bond acceptors (Lipinski definition) is 7. The molecule has 0 atom stereocenters. The number of aromatic carboxylic acids is 1. The third-order valence-corrected chi connectivity index (χ3v) is 13.1. The summed E-state index contributed by atoms with van der Waals surface area (Å²) in [7, 11) is -1.21. The maximum atomic E-state index is 16.4. The molecule has 6 aromatic rings. The molecule has 0 amide bonds. The van der Waals surface area contributed by atoms with Crippen LogP contribution in [0.25, 0.3) is 21.8 Å². The van der Waals surface area contributed by atoms with Gasteiger partial charge in [0.1, 0.15) is 27.2 Å². The summed E-state index contributed by atoms with van der Waals surface area (Å²) in [6.45, 7) is 2.02. The molecule has 1 aliphatic rings. The van der Waals surface area contributed by atoms with Crippen LogP contribution in [0, 0.1) is 18.7 Å². The molecule has 0 bridgehead atoms. The SMILES string of the molecule is COc1ccc(CN(Cc2ccc(OC)cc2)S(=O)(=O)c2ccc(Cn3c(-c4cccc(Br)c4)cc(-c4nc(C(=O)O)c(C)s4)c3CC3CC3)cc2F)cc1. The molecule has 0 spiro atoms. The fourth-order valence-electron chi connectivity index (χ4n) is 6.64. The topological polar surface area (TPSA) is 111 Å². The summed E-state index contributed by atoms with van der Waals surface area (Å²) in [6, 6.07) is 28.4. The van der Waals surface area contributed by atoms with Crippen LogP contribution in [0.15, 0.2) is 106 Å². The number of halogens is 2. The number of rotatable bonds is 15. The van der Waals surface area contributed by atoms with Crippen molar-refractivity contribution in [1.82, 2.24) is 13.9 Å². The van der Waals surface area contributed by atoms with Gasteiger partial charge in [0.15, 0.2) is 5.69 Å². The van der Waals surface area contributed by atoms with E-state index in [1.165, 1.54) is 27.8 Å². The molecule has 284 valence electrons. The molecule has 13 heteroatoms. The van der Waals surface area contributed by atoms with E-state index in [2.05, 4.69) is 25.5 Å². The van der Waals surface area contributed by atoms with Crippen LogP contribution in [0.2, 0.25) is 0 Å². The number of carboxylic acid groups (broad SMARTS) is 1. The highest BCUT2D eigenvalue weighted by atomic mass is 79.9. The van der Waals surface area contributed by atoms with Crippen LogP contribution in [0.4, 0.5) is 4.39 Å². The molecule has 7 rings (SSSR count). The first-order valence-electron chi connectivity index (χ1n) is 17.7. The van der Waals surface area contributed by atoms with Gasteiger partial charge in [-0.25, -0.2) is 22.6 Å². The molecular weight excluding hydrogens is 806 g/mol. The van der Waals surface area contributed by atoms with Gasteiger partial charge in [-0.3, -0.25) is 0 Å². The summed E-state index contributed by atoms with van der Waals surface area (Å²) in [5, 5.41) is 10.4. The number of aryl methyl sites for hydroxylation is 1. The van der Waals surface area contributed by atoms with Crippen molar-refractivity contribution in [1.29, 1.82) is 0 Å². The van der Waals surface area contributed by atoms with E-state index in [9.17, 15) is 18.3 Å². The number of aromatic nitrogens is 2. The van der Waals surface area contributed by atoms with E-state index in [0.717, 1.165) is 46.2 Å². The molecule has 1 aliphatic carbocycles. The molecule has 2 aromatic heterocycles. The second-order valence-electron chi connectivity index (χ2n) is 13.6. The van der Waals surface area contributed by atoms with Crippen molar-refractivity contribution in [3.05, 3.63) is 140 Å². The fraction of sp³-hybridized carbons (Fsp3) is 0.238. The van der Waals surface area contributed by atoms with E-state index in [4.69, 9.17) is 9.47 Å². The summed E-state index contributed by atoms with van der Waals surface area (Å²) < 4.78 is 59.9. The first kappa shape index (κ1) is 38.5. The van der Waals surface area contributed by atoms with Gasteiger partial charge in [-0.05, 0) is 109 Å². The summed E-state index contributed by atoms with van der Waals surface area (Å²) in [5.41, 5.74) is 5.63. The summed E-state index contributed by atoms with van der Waals surface area (Å²) in [5.74, 6) is -0.185. The van der Waals surface area contributed by atoms with E-state index < -0.39 is 26.7 Å². The van der Waals surface area contributed by atoms with Crippen LogP contribution < -0.4 is 9.47 Å². The zero-order chi connectivity index (χ0) is 38.9. The zero-order valence-electron chi connectivity index (χ0n) is 30.5. The second kappa shape index (κ2) is 16.1. The second-order valence-corrected chi connectivity index (χ2v) is 17.6. The monoisotopic (exact) mass is 843 g/mol. The minimum Gasteiger partial charge on any atom is -0.497 e. The molecule has 0 unspecified atom stereocenters. The molecule has 0 saturated heterocycles. The van der Waals surface area contributed by atoms with Crippen LogP contribution >= 0.6 is 27.3 Å². The van der Waals surface area contributed by atoms with Gasteiger partial charge >= 0.3 is 5.97 Å². The van der Waals surface area contributed by atoms with Gasteiger partial charge in [-0.15, -0.1) is 11.3 Å². The van der Waals surface area contributed by atoms with Crippen LogP contribution in [0.1, 0.15) is 50.6 Å². The Morgan fingerprint density at radius 3 is 2.07 bits per heavy atom. The number of carbonyl (C=O) groups is 1. The molecular formula is C42H39BrFN3O6S2. The average Bonchev–Trinajstić information content (AvgIpc) is 3.81. The van der Waals surface area contributed by atoms with Gasteiger partial charge in [0.05, 0.1) is 14.2 Å². The van der Waals surface area contributed by atoms with E-state index in [1.54, 1.807) is 75.7 Å². The first-order valence-corrected chi connectivity index (χ1v) is 20.7. The maximum absolute atomic E-state index is 16.4. The summed E-state index contributed by atoms with van der Waals surface area (Å²) in [4.78, 5) is 16.7. The van der Waals surface area contributed by atoms with Gasteiger partial charge in [0.25, 0.3) is 0 Å². The largest absolute Gasteiger partial charge is 0.497 e. The highest BCUT2D eigenvalue weighted by molar-refractivity contribution is 9.10. The van der Waals surface area contributed by atoms with Gasteiger partial charge in [0.2, 0.25) is 10.0 Å². The molecule has 1 saturated carbocycles. The normalized spacial score (nSPS) is 13.0. The molecule has 55 heavy (non-hydrogen) atoms. The molecule has 2 heterocycles. The Morgan fingerprint density at radius 1 is 0.927 bits per heavy atom. The minimum atomic E-state index is -4.33. The number of hydrogen-bond donors (Lipinski definition) is 1. The van der Waals surface area contributed by atoms with Crippen molar-refractivity contribution < 1.29 is 32.2 Å². The van der Waals surface area contributed by atoms with Crippen molar-refractivity contribution in [2.75, 3.05) is 14.2 Å². The van der Waals surface area contributed by atoms with Crippen molar-refractivity contribution in [3.63, 3.8) is 0 Å². The third kappa shape index (κ3) is 8.55. The van der Waals surface area contributed by atoms with Crippen LogP contribution in [0.3, 0.4) is 0 Å². The summed E-state index contributed by atoms with van der Waals surface area (Å²) in [6.07, 6.45) is 2.91. The molecule has 1 N–H and O–H groups in total. The quantitative estimate of drug-likeness (QED) is 0.110. The van der Waals surface area contributed by atoms with Gasteiger partial charge < -0.3 is 19.1 Å². The molecule has 1 fully saturated rings. The third-order valence-electron chi connectivity index (χ3n) is 9.73. The summed E-state index contributed by atoms with van der Waals surface area (Å²) >= 11 is 4.94. The predicted octanol–water partition coefficient (Wildman–Crippen LogP) is 9.60. The van der Waals surface area contributed by atoms with E-state index in [-0.39, 0.29) is 25.3 Å². The van der Waals surface area contributed by atoms with E-state index in [0.29, 0.717) is 44.0 Å². The number of carboxylic acids is 1. The lowest BCUT2D eigenvalue weighted by molar-refractivity contribution is 0.0690. The van der Waals surface area contributed by atoms with Gasteiger partial charge in [-0.1, -0.05) is 58.4 Å². The highest BCUT2D eigenvalue weighted by Crippen LogP contribution is 2.42. The van der Waals surface area contributed by atoms with Crippen LogP contribution in [-0.2, 0) is 36.1 Å². The van der Waals surface area contributed by atoms with Crippen molar-refractivity contribution in [3.8, 4) is 33.3 Å². The number of thiazole rings is 1. The zero-order valence-corrected chi connectivity index (χ0v) is 33.7. The van der Waals surface area contributed by atoms with E-state index in [1.807, 2.05) is 30.3 Å². The predicted molar refractivity (Wildman–Crippen MR) is 215 cm³/mol. The minimum absolute atomic E-state index is 0.00599. The maximum Gasteiger partial charge on any atom is 0.355 e. The number of nitrogens with zero attached hydrogens (tertiary/aromatic N) is 3. The Kier molecular flexibility index (Phi) is 11.3. The van der Waals surface area contributed by atoms with Crippen LogP contribution in [-0.4, -0.2) is 47.6 Å². The average molecular weight is 845 g/mol. The number of ether oxygens (including phenoxy) is 2. The van der Waals surface area contributed by atoms with Gasteiger partial charge in [-0.2, -0.15) is 4.31 Å². The number of benzene rings is 4. The Bertz CT molecular complexity index is 2410. The van der Waals surface area contributed by atoms with Crippen LogP contribution in [0.5, 0.6) is 11.5 Å². The lowest BCUT2D eigenvalue weighted by atomic mass is 10.1. The lowest BCUT2D eigenvalue weighted by Gasteiger charge is -2.23. The fourth-order valence-corrected chi connectivity index (χ4v) is 9.44. The van der Waals surface area contributed by atoms with Crippen molar-refractivity contribution >= 4 is 43.3 Å². The smallest absolute Gasteiger partial charge is 0.355 e. The van der Waals surface area contributed by atoms with Crippen molar-refractivity contribution in [2.24, 2.45) is 5.92 Å². The van der Waals surface area contributed by atoms with E-state index >= 15 is 4.39 Å². The van der Waals surface area contributed by atoms with Gasteiger partial charge in [0, 0.05) is 45.9 Å². The Labute approximate surface area is 332 Å². The Hall–Kier alpha value is -4.82. The lowest BCUT2D eigenvalue weighted by Crippen LogP contribution is -2.31. The highest BCUT2D eigenvalue weighted by Gasteiger charge is 2.31. The molecule has 0 radical (unpaired) electrons. The molecule has 0 aliphatic heterocycles. The number of methoxy groups -OCH3 is 2. The Balaban J connectivity index is 1.27. The molecule has 9 nitrogen and oxygen atoms in total. The first-order chi connectivity index (χ1) is 26.4. The Morgan fingerprint density at radius 2 is 1.55 bits per heavy atom.